The Kier molecular flexibility index (Phi) is 4.57. The van der Waals surface area contributed by atoms with Crippen LogP contribution in [-0.2, 0) is 9.53 Å². The van der Waals surface area contributed by atoms with Gasteiger partial charge in [-0.05, 0) is 45.9 Å². The summed E-state index contributed by atoms with van der Waals surface area (Å²) in [7, 11) is 0. The molecule has 3 nitrogen and oxygen atoms in total. The molecular formula is C13H17BrO3. The van der Waals surface area contributed by atoms with E-state index in [0.29, 0.717) is 5.75 Å². The van der Waals surface area contributed by atoms with Crippen LogP contribution in [0.4, 0.5) is 0 Å². The summed E-state index contributed by atoms with van der Waals surface area (Å²) in [5.41, 5.74) is -0.494. The lowest BCUT2D eigenvalue weighted by Gasteiger charge is -2.22. The number of carbonyl (C=O) groups excluding carboxylic acids is 1. The van der Waals surface area contributed by atoms with E-state index in [1.807, 2.05) is 32.9 Å². The van der Waals surface area contributed by atoms with Gasteiger partial charge in [-0.2, -0.15) is 0 Å². The molecular weight excluding hydrogens is 284 g/mol. The Morgan fingerprint density at radius 2 is 2.00 bits per heavy atom. The second kappa shape index (κ2) is 5.54. The zero-order valence-corrected chi connectivity index (χ0v) is 12.1. The molecule has 0 fully saturated rings. The van der Waals surface area contributed by atoms with Crippen molar-refractivity contribution in [2.45, 2.75) is 39.4 Å². The van der Waals surface area contributed by atoms with Crippen molar-refractivity contribution in [2.75, 3.05) is 0 Å². The van der Waals surface area contributed by atoms with Crippen LogP contribution in [0.2, 0.25) is 0 Å². The molecule has 0 saturated carbocycles. The molecule has 0 heterocycles. The van der Waals surface area contributed by atoms with Crippen molar-refractivity contribution in [1.82, 2.24) is 0 Å². The zero-order chi connectivity index (χ0) is 13.1. The fraction of sp³-hybridized carbons (Fsp3) is 0.462. The summed E-state index contributed by atoms with van der Waals surface area (Å²) in [6, 6.07) is 7.35. The minimum Gasteiger partial charge on any atom is -0.479 e. The molecule has 0 aliphatic rings. The van der Waals surface area contributed by atoms with Gasteiger partial charge in [0.05, 0.1) is 0 Å². The third-order valence-electron chi connectivity index (χ3n) is 1.85. The summed E-state index contributed by atoms with van der Waals surface area (Å²) < 4.78 is 11.6. The van der Waals surface area contributed by atoms with Crippen LogP contribution in [-0.4, -0.2) is 17.7 Å². The Bertz CT molecular complexity index is 396. The monoisotopic (exact) mass is 300 g/mol. The number of ether oxygens (including phenoxy) is 2. The summed E-state index contributed by atoms with van der Waals surface area (Å²) in [6.45, 7) is 7.17. The van der Waals surface area contributed by atoms with Crippen LogP contribution in [0.3, 0.4) is 0 Å². The third kappa shape index (κ3) is 5.22. The van der Waals surface area contributed by atoms with Crippen molar-refractivity contribution in [2.24, 2.45) is 0 Å². The highest BCUT2D eigenvalue weighted by Crippen LogP contribution is 2.19. The van der Waals surface area contributed by atoms with E-state index in [0.717, 1.165) is 4.47 Å². The molecule has 0 saturated heterocycles. The predicted octanol–water partition coefficient (Wildman–Crippen LogP) is 3.56. The van der Waals surface area contributed by atoms with E-state index in [1.54, 1.807) is 19.1 Å². The van der Waals surface area contributed by atoms with Gasteiger partial charge in [-0.3, -0.25) is 0 Å². The molecule has 0 aromatic heterocycles. The molecule has 0 aliphatic heterocycles. The number of hydrogen-bond acceptors (Lipinski definition) is 3. The fourth-order valence-corrected chi connectivity index (χ4v) is 1.56. The highest BCUT2D eigenvalue weighted by Gasteiger charge is 2.22. The van der Waals surface area contributed by atoms with Gasteiger partial charge in [0.25, 0.3) is 0 Å². The summed E-state index contributed by atoms with van der Waals surface area (Å²) in [5, 5.41) is 0. The van der Waals surface area contributed by atoms with Crippen LogP contribution in [0.15, 0.2) is 28.7 Å². The van der Waals surface area contributed by atoms with Crippen molar-refractivity contribution in [3.8, 4) is 5.75 Å². The van der Waals surface area contributed by atoms with E-state index < -0.39 is 11.7 Å². The average molecular weight is 301 g/mol. The van der Waals surface area contributed by atoms with Gasteiger partial charge in [0.1, 0.15) is 11.4 Å². The van der Waals surface area contributed by atoms with Crippen molar-refractivity contribution >= 4 is 21.9 Å². The van der Waals surface area contributed by atoms with Gasteiger partial charge in [-0.15, -0.1) is 0 Å². The number of carbonyl (C=O) groups is 1. The van der Waals surface area contributed by atoms with Gasteiger partial charge >= 0.3 is 5.97 Å². The van der Waals surface area contributed by atoms with Crippen LogP contribution < -0.4 is 4.74 Å². The number of halogens is 1. The standard InChI is InChI=1S/C13H17BrO3/c1-9(12(15)17-13(2,3)4)16-11-7-5-6-10(14)8-11/h5-9H,1-4H3. The van der Waals surface area contributed by atoms with Crippen molar-refractivity contribution < 1.29 is 14.3 Å². The first-order chi connectivity index (χ1) is 7.78. The van der Waals surface area contributed by atoms with Crippen molar-refractivity contribution in [1.29, 1.82) is 0 Å². The normalized spacial score (nSPS) is 13.0. The van der Waals surface area contributed by atoms with Crippen LogP contribution in [0.5, 0.6) is 5.75 Å². The molecule has 0 N–H and O–H groups in total. The molecule has 0 amide bonds. The molecule has 0 radical (unpaired) electrons. The first kappa shape index (κ1) is 14.0. The lowest BCUT2D eigenvalue weighted by molar-refractivity contribution is -0.162. The van der Waals surface area contributed by atoms with Crippen molar-refractivity contribution in [3.05, 3.63) is 28.7 Å². The lowest BCUT2D eigenvalue weighted by Crippen LogP contribution is -2.33. The number of hydrogen-bond donors (Lipinski definition) is 0. The Labute approximate surface area is 110 Å². The summed E-state index contributed by atoms with van der Waals surface area (Å²) in [5.74, 6) is 0.273. The molecule has 1 atom stereocenters. The van der Waals surface area contributed by atoms with Gasteiger partial charge < -0.3 is 9.47 Å². The van der Waals surface area contributed by atoms with Gasteiger partial charge in [-0.1, -0.05) is 22.0 Å². The quantitative estimate of drug-likeness (QED) is 0.801. The molecule has 0 aliphatic carbocycles. The van der Waals surface area contributed by atoms with Gasteiger partial charge in [0.15, 0.2) is 6.10 Å². The minimum atomic E-state index is -0.622. The molecule has 4 heteroatoms. The maximum atomic E-state index is 11.7. The summed E-state index contributed by atoms with van der Waals surface area (Å²) in [4.78, 5) is 11.7. The largest absolute Gasteiger partial charge is 0.479 e. The molecule has 17 heavy (non-hydrogen) atoms. The molecule has 1 aromatic carbocycles. The highest BCUT2D eigenvalue weighted by molar-refractivity contribution is 9.10. The van der Waals surface area contributed by atoms with Gasteiger partial charge in [0, 0.05) is 4.47 Å². The first-order valence-electron chi connectivity index (χ1n) is 5.43. The molecule has 0 bridgehead atoms. The van der Waals surface area contributed by atoms with E-state index in [2.05, 4.69) is 15.9 Å². The van der Waals surface area contributed by atoms with Crippen molar-refractivity contribution in [3.63, 3.8) is 0 Å². The van der Waals surface area contributed by atoms with E-state index in [4.69, 9.17) is 9.47 Å². The smallest absolute Gasteiger partial charge is 0.347 e. The van der Waals surface area contributed by atoms with Crippen LogP contribution in [0, 0.1) is 0 Å². The first-order valence-corrected chi connectivity index (χ1v) is 6.22. The maximum Gasteiger partial charge on any atom is 0.347 e. The SMILES string of the molecule is CC(Oc1cccc(Br)c1)C(=O)OC(C)(C)C. The van der Waals surface area contributed by atoms with E-state index >= 15 is 0 Å². The van der Waals surface area contributed by atoms with E-state index in [1.165, 1.54) is 0 Å². The molecule has 1 aromatic rings. The number of esters is 1. The lowest BCUT2D eigenvalue weighted by atomic mass is 10.2. The van der Waals surface area contributed by atoms with E-state index in [9.17, 15) is 4.79 Å². The fourth-order valence-electron chi connectivity index (χ4n) is 1.18. The Morgan fingerprint density at radius 3 is 2.53 bits per heavy atom. The zero-order valence-electron chi connectivity index (χ0n) is 10.5. The second-order valence-electron chi connectivity index (χ2n) is 4.75. The minimum absolute atomic E-state index is 0.363. The molecule has 1 unspecified atom stereocenters. The Morgan fingerprint density at radius 1 is 1.35 bits per heavy atom. The van der Waals surface area contributed by atoms with E-state index in [-0.39, 0.29) is 5.97 Å². The highest BCUT2D eigenvalue weighted by atomic mass is 79.9. The van der Waals surface area contributed by atoms with Crippen LogP contribution >= 0.6 is 15.9 Å². The molecule has 1 rings (SSSR count). The number of benzene rings is 1. The second-order valence-corrected chi connectivity index (χ2v) is 5.67. The summed E-state index contributed by atoms with van der Waals surface area (Å²) >= 11 is 3.34. The van der Waals surface area contributed by atoms with Crippen LogP contribution in [0.1, 0.15) is 27.7 Å². The summed E-state index contributed by atoms with van der Waals surface area (Å²) in [6.07, 6.45) is -0.622. The molecule has 0 spiro atoms. The van der Waals surface area contributed by atoms with Gasteiger partial charge in [0.2, 0.25) is 0 Å². The predicted molar refractivity (Wildman–Crippen MR) is 70.1 cm³/mol. The Hall–Kier alpha value is -1.03. The average Bonchev–Trinajstić information content (AvgIpc) is 2.14. The number of rotatable bonds is 3. The maximum absolute atomic E-state index is 11.7. The topological polar surface area (TPSA) is 35.5 Å². The van der Waals surface area contributed by atoms with Crippen LogP contribution in [0.25, 0.3) is 0 Å². The Balaban J connectivity index is 2.60. The van der Waals surface area contributed by atoms with Gasteiger partial charge in [-0.25, -0.2) is 4.79 Å². The molecule has 94 valence electrons. The third-order valence-corrected chi connectivity index (χ3v) is 2.34.